The Morgan fingerprint density at radius 1 is 1.04 bits per heavy atom. The minimum atomic E-state index is -0.690. The lowest BCUT2D eigenvalue weighted by Crippen LogP contribution is -2.48. The van der Waals surface area contributed by atoms with Gasteiger partial charge in [-0.25, -0.2) is 0 Å². The van der Waals surface area contributed by atoms with Crippen LogP contribution < -0.4 is 9.47 Å². The number of hydrogen-bond acceptors (Lipinski definition) is 4. The number of benzene rings is 1. The third kappa shape index (κ3) is 4.71. The van der Waals surface area contributed by atoms with Crippen molar-refractivity contribution in [2.75, 3.05) is 7.11 Å². The molecule has 1 amide bonds. The predicted molar refractivity (Wildman–Crippen MR) is 90.2 cm³/mol. The molecule has 0 N–H and O–H groups in total. The predicted octanol–water partition coefficient (Wildman–Crippen LogP) is 3.31. The molecule has 0 saturated carbocycles. The lowest BCUT2D eigenvalue weighted by molar-refractivity contribution is -0.141. The van der Waals surface area contributed by atoms with Gasteiger partial charge in [-0.3, -0.25) is 9.59 Å². The number of nitrogens with zero attached hydrogens (tertiary/aromatic N) is 1. The minimum Gasteiger partial charge on any atom is -0.497 e. The van der Waals surface area contributed by atoms with Crippen molar-refractivity contribution in [2.24, 2.45) is 0 Å². The summed E-state index contributed by atoms with van der Waals surface area (Å²) in [6, 6.07) is 5.13. The molecule has 0 fully saturated rings. The zero-order valence-electron chi connectivity index (χ0n) is 15.0. The van der Waals surface area contributed by atoms with Gasteiger partial charge >= 0.3 is 0 Å². The number of carbonyl (C=O) groups is 2. The Morgan fingerprint density at radius 3 is 2.04 bits per heavy atom. The van der Waals surface area contributed by atoms with Crippen molar-refractivity contribution in [2.45, 2.75) is 59.7 Å². The molecule has 0 unspecified atom stereocenters. The van der Waals surface area contributed by atoms with E-state index in [1.54, 1.807) is 37.1 Å². The molecule has 0 aliphatic rings. The topological polar surface area (TPSA) is 55.8 Å². The van der Waals surface area contributed by atoms with E-state index in [2.05, 4.69) is 0 Å². The van der Waals surface area contributed by atoms with Gasteiger partial charge in [-0.15, -0.1) is 0 Å². The van der Waals surface area contributed by atoms with E-state index in [0.29, 0.717) is 17.1 Å². The van der Waals surface area contributed by atoms with Gasteiger partial charge in [-0.05, 0) is 53.7 Å². The van der Waals surface area contributed by atoms with E-state index < -0.39 is 6.10 Å². The Labute approximate surface area is 138 Å². The van der Waals surface area contributed by atoms with E-state index in [4.69, 9.17) is 9.47 Å². The van der Waals surface area contributed by atoms with E-state index in [-0.39, 0.29) is 23.8 Å². The van der Waals surface area contributed by atoms with Crippen molar-refractivity contribution in [3.63, 3.8) is 0 Å². The van der Waals surface area contributed by atoms with E-state index in [1.807, 2.05) is 27.7 Å². The maximum Gasteiger partial charge on any atom is 0.263 e. The summed E-state index contributed by atoms with van der Waals surface area (Å²) in [5, 5.41) is 0. The maximum absolute atomic E-state index is 12.7. The average Bonchev–Trinajstić information content (AvgIpc) is 2.45. The second-order valence-electron chi connectivity index (χ2n) is 6.11. The van der Waals surface area contributed by atoms with Crippen LogP contribution in [0.15, 0.2) is 18.2 Å². The molecule has 1 rings (SSSR count). The summed E-state index contributed by atoms with van der Waals surface area (Å²) in [6.07, 6.45) is -0.690. The highest BCUT2D eigenvalue weighted by atomic mass is 16.5. The molecule has 23 heavy (non-hydrogen) atoms. The zero-order chi connectivity index (χ0) is 17.7. The Balaban J connectivity index is 3.06. The van der Waals surface area contributed by atoms with Crippen LogP contribution in [-0.2, 0) is 4.79 Å². The summed E-state index contributed by atoms with van der Waals surface area (Å²) in [7, 11) is 1.54. The smallest absolute Gasteiger partial charge is 0.263 e. The van der Waals surface area contributed by atoms with Crippen LogP contribution in [0.5, 0.6) is 11.5 Å². The molecule has 0 aliphatic heterocycles. The molecule has 1 aromatic carbocycles. The van der Waals surface area contributed by atoms with Gasteiger partial charge in [0, 0.05) is 18.2 Å². The van der Waals surface area contributed by atoms with Crippen molar-refractivity contribution in [3.05, 3.63) is 23.8 Å². The summed E-state index contributed by atoms with van der Waals surface area (Å²) in [5.41, 5.74) is 0.436. The van der Waals surface area contributed by atoms with Crippen LogP contribution in [0.4, 0.5) is 0 Å². The molecule has 0 bridgehead atoms. The molecule has 1 atom stereocenters. The summed E-state index contributed by atoms with van der Waals surface area (Å²) in [6.45, 7) is 11.0. The molecule has 0 spiro atoms. The molecule has 0 radical (unpaired) electrons. The Kier molecular flexibility index (Phi) is 6.61. The molecular formula is C18H27NO4. The fourth-order valence-electron chi connectivity index (χ4n) is 2.57. The van der Waals surface area contributed by atoms with Gasteiger partial charge in [-0.2, -0.15) is 0 Å². The molecule has 0 aromatic heterocycles. The van der Waals surface area contributed by atoms with Gasteiger partial charge in [0.1, 0.15) is 11.5 Å². The number of ketones is 1. The first-order chi connectivity index (χ1) is 10.7. The van der Waals surface area contributed by atoms with E-state index in [9.17, 15) is 9.59 Å². The Hall–Kier alpha value is -2.04. The zero-order valence-corrected chi connectivity index (χ0v) is 15.0. The van der Waals surface area contributed by atoms with E-state index in [0.717, 1.165) is 0 Å². The molecule has 128 valence electrons. The number of ether oxygens (including phenoxy) is 2. The fraction of sp³-hybridized carbons (Fsp3) is 0.556. The molecule has 5 nitrogen and oxygen atoms in total. The number of rotatable bonds is 7. The molecule has 0 saturated heterocycles. The molecule has 0 aliphatic carbocycles. The number of methoxy groups -OCH3 is 1. The first-order valence-corrected chi connectivity index (χ1v) is 7.86. The largest absolute Gasteiger partial charge is 0.497 e. The van der Waals surface area contributed by atoms with Gasteiger partial charge in [-0.1, -0.05) is 0 Å². The Bertz CT molecular complexity index is 558. The van der Waals surface area contributed by atoms with Crippen LogP contribution in [0.2, 0.25) is 0 Å². The quantitative estimate of drug-likeness (QED) is 0.723. The monoisotopic (exact) mass is 321 g/mol. The van der Waals surface area contributed by atoms with Crippen LogP contribution in [0.1, 0.15) is 51.9 Å². The van der Waals surface area contributed by atoms with Crippen molar-refractivity contribution in [1.29, 1.82) is 0 Å². The highest BCUT2D eigenvalue weighted by Gasteiger charge is 2.27. The summed E-state index contributed by atoms with van der Waals surface area (Å²) in [5.74, 6) is 0.721. The molecule has 5 heteroatoms. The number of Topliss-reactive ketones (excluding diaryl/α,β-unsaturated/α-hetero) is 1. The van der Waals surface area contributed by atoms with Crippen LogP contribution in [-0.4, -0.2) is 41.9 Å². The van der Waals surface area contributed by atoms with Crippen LogP contribution >= 0.6 is 0 Å². The lowest BCUT2D eigenvalue weighted by atomic mass is 10.1. The maximum atomic E-state index is 12.7. The third-order valence-electron chi connectivity index (χ3n) is 3.59. The van der Waals surface area contributed by atoms with Gasteiger partial charge in [0.15, 0.2) is 11.9 Å². The third-order valence-corrected chi connectivity index (χ3v) is 3.59. The van der Waals surface area contributed by atoms with E-state index >= 15 is 0 Å². The highest BCUT2D eigenvalue weighted by molar-refractivity contribution is 5.97. The summed E-state index contributed by atoms with van der Waals surface area (Å²) >= 11 is 0. The molecular weight excluding hydrogens is 294 g/mol. The highest BCUT2D eigenvalue weighted by Crippen LogP contribution is 2.26. The standard InChI is InChI=1S/C18H27NO4/c1-11(2)19(12(3)4)18(21)14(6)23-17-10-15(22-7)8-9-16(17)13(5)20/h8-12,14H,1-7H3/t14-/m1/s1. The average molecular weight is 321 g/mol. The fourth-order valence-corrected chi connectivity index (χ4v) is 2.57. The first-order valence-electron chi connectivity index (χ1n) is 7.86. The SMILES string of the molecule is COc1ccc(C(C)=O)c(O[C@H](C)C(=O)N(C(C)C)C(C)C)c1. The van der Waals surface area contributed by atoms with Crippen molar-refractivity contribution in [1.82, 2.24) is 4.90 Å². The first kappa shape index (κ1) is 19.0. The lowest BCUT2D eigenvalue weighted by Gasteiger charge is -2.33. The molecule has 1 aromatic rings. The van der Waals surface area contributed by atoms with Crippen LogP contribution in [0.25, 0.3) is 0 Å². The van der Waals surface area contributed by atoms with Crippen LogP contribution in [0.3, 0.4) is 0 Å². The van der Waals surface area contributed by atoms with Gasteiger partial charge in [0.2, 0.25) is 0 Å². The summed E-state index contributed by atoms with van der Waals surface area (Å²) in [4.78, 5) is 26.2. The summed E-state index contributed by atoms with van der Waals surface area (Å²) < 4.78 is 11.0. The van der Waals surface area contributed by atoms with Gasteiger partial charge in [0.25, 0.3) is 5.91 Å². The molecule has 0 heterocycles. The van der Waals surface area contributed by atoms with Crippen molar-refractivity contribution in [3.8, 4) is 11.5 Å². The minimum absolute atomic E-state index is 0.0751. The Morgan fingerprint density at radius 2 is 1.61 bits per heavy atom. The number of carbonyl (C=O) groups excluding carboxylic acids is 2. The number of amides is 1. The van der Waals surface area contributed by atoms with Gasteiger partial charge < -0.3 is 14.4 Å². The van der Waals surface area contributed by atoms with Crippen molar-refractivity contribution < 1.29 is 19.1 Å². The second-order valence-corrected chi connectivity index (χ2v) is 6.11. The van der Waals surface area contributed by atoms with Crippen molar-refractivity contribution >= 4 is 11.7 Å². The second kappa shape index (κ2) is 7.99. The van der Waals surface area contributed by atoms with Crippen LogP contribution in [0, 0.1) is 0 Å². The van der Waals surface area contributed by atoms with Gasteiger partial charge in [0.05, 0.1) is 12.7 Å². The number of hydrogen-bond donors (Lipinski definition) is 0. The van der Waals surface area contributed by atoms with E-state index in [1.165, 1.54) is 6.92 Å². The normalized spacial score (nSPS) is 12.2.